The number of rotatable bonds is 10. The molecule has 23 heavy (non-hydrogen) atoms. The molecule has 0 aliphatic carbocycles. The first-order valence-electron chi connectivity index (χ1n) is 7.73. The number of hydrogen-bond acceptors (Lipinski definition) is 5. The van der Waals surface area contributed by atoms with Crippen LogP contribution in [0.3, 0.4) is 0 Å². The smallest absolute Gasteiger partial charge is 0.309 e. The van der Waals surface area contributed by atoms with Crippen LogP contribution in [0, 0.1) is 6.92 Å². The number of sulfonamides is 1. The summed E-state index contributed by atoms with van der Waals surface area (Å²) < 4.78 is 50.5. The molecule has 8 heteroatoms. The fourth-order valence-electron chi connectivity index (χ4n) is 2.06. The van der Waals surface area contributed by atoms with Crippen LogP contribution in [0.1, 0.15) is 32.8 Å². The Bertz CT molecular complexity index is 620. The van der Waals surface area contributed by atoms with Gasteiger partial charge in [-0.2, -0.15) is 0 Å². The Balaban J connectivity index is 2.89. The maximum absolute atomic E-state index is 12.6. The first-order valence-corrected chi connectivity index (χ1v) is 10.9. The lowest BCUT2D eigenvalue weighted by atomic mass is 10.2. The molecule has 0 bridgehead atoms. The van der Waals surface area contributed by atoms with E-state index in [4.69, 9.17) is 9.05 Å². The van der Waals surface area contributed by atoms with Crippen LogP contribution >= 0.6 is 7.60 Å². The van der Waals surface area contributed by atoms with E-state index in [2.05, 4.69) is 4.72 Å². The molecule has 0 spiro atoms. The lowest BCUT2D eigenvalue weighted by molar-refractivity contribution is 0.218. The zero-order valence-corrected chi connectivity index (χ0v) is 15.8. The molecule has 0 aliphatic rings. The Hall–Kier alpha value is -0.720. The summed E-state index contributed by atoms with van der Waals surface area (Å²) in [4.78, 5) is 0.184. The van der Waals surface area contributed by atoms with Gasteiger partial charge in [-0.15, -0.1) is 0 Å². The predicted molar refractivity (Wildman–Crippen MR) is 91.3 cm³/mol. The fraction of sp³-hybridized carbons (Fsp3) is 0.600. The van der Waals surface area contributed by atoms with Crippen molar-refractivity contribution in [2.45, 2.75) is 45.1 Å². The van der Waals surface area contributed by atoms with Gasteiger partial charge in [0.05, 0.1) is 24.3 Å². The molecule has 0 saturated heterocycles. The van der Waals surface area contributed by atoms with Crippen LogP contribution in [0.15, 0.2) is 29.2 Å². The molecule has 1 aromatic rings. The average molecular weight is 363 g/mol. The maximum Gasteiger partial charge on any atom is 0.332 e. The summed E-state index contributed by atoms with van der Waals surface area (Å²) in [5, 5.41) is 0. The summed E-state index contributed by atoms with van der Waals surface area (Å²) in [6, 6.07) is 6.05. The minimum atomic E-state index is -3.67. The van der Waals surface area contributed by atoms with Crippen LogP contribution < -0.4 is 4.72 Å². The van der Waals surface area contributed by atoms with E-state index in [1.807, 2.05) is 13.8 Å². The zero-order chi connectivity index (χ0) is 17.5. The zero-order valence-electron chi connectivity index (χ0n) is 14.1. The second-order valence-electron chi connectivity index (χ2n) is 5.17. The summed E-state index contributed by atoms with van der Waals surface area (Å²) in [6.45, 7) is 7.66. The molecule has 0 amide bonds. The van der Waals surface area contributed by atoms with Gasteiger partial charge in [-0.3, -0.25) is 4.57 Å². The van der Waals surface area contributed by atoms with Crippen LogP contribution in [0.2, 0.25) is 0 Å². The van der Waals surface area contributed by atoms with E-state index in [9.17, 15) is 13.0 Å². The van der Waals surface area contributed by atoms with Crippen molar-refractivity contribution in [2.75, 3.05) is 19.4 Å². The SMILES string of the molecule is CCOP(=O)(C[C@@H](CC)NS(=O)(=O)c1ccc(C)cc1)OCC. The van der Waals surface area contributed by atoms with Gasteiger partial charge in [-0.05, 0) is 39.3 Å². The molecule has 1 aromatic carbocycles. The molecule has 1 N–H and O–H groups in total. The molecule has 0 radical (unpaired) electrons. The Morgan fingerprint density at radius 2 is 1.61 bits per heavy atom. The summed E-state index contributed by atoms with van der Waals surface area (Å²) >= 11 is 0. The molecule has 132 valence electrons. The lowest BCUT2D eigenvalue weighted by Gasteiger charge is -2.23. The van der Waals surface area contributed by atoms with Gasteiger partial charge in [0.25, 0.3) is 0 Å². The number of benzene rings is 1. The molecule has 0 aliphatic heterocycles. The minimum Gasteiger partial charge on any atom is -0.309 e. The molecule has 6 nitrogen and oxygen atoms in total. The quantitative estimate of drug-likeness (QED) is 0.645. The minimum absolute atomic E-state index is 0.0102. The van der Waals surface area contributed by atoms with E-state index in [0.29, 0.717) is 6.42 Å². The summed E-state index contributed by atoms with van der Waals surface area (Å²) in [5.74, 6) is 0. The van der Waals surface area contributed by atoms with Gasteiger partial charge in [-0.25, -0.2) is 13.1 Å². The summed E-state index contributed by atoms with van der Waals surface area (Å²) in [7, 11) is -6.98. The standard InChI is InChI=1S/C15H26NO5PS/c1-5-14(12-22(17,20-6-2)21-7-3)16-23(18,19)15-10-8-13(4)9-11-15/h8-11,14,16H,5-7,12H2,1-4H3/t14-/m1/s1. The van der Waals surface area contributed by atoms with Gasteiger partial charge in [-0.1, -0.05) is 24.6 Å². The third-order valence-electron chi connectivity index (χ3n) is 3.24. The van der Waals surface area contributed by atoms with Gasteiger partial charge in [0, 0.05) is 6.04 Å². The van der Waals surface area contributed by atoms with Gasteiger partial charge in [0.15, 0.2) is 0 Å². The van der Waals surface area contributed by atoms with Crippen LogP contribution in [0.5, 0.6) is 0 Å². The number of aryl methyl sites for hydroxylation is 1. The molecule has 0 saturated carbocycles. The Morgan fingerprint density at radius 3 is 2.04 bits per heavy atom. The Kier molecular flexibility index (Phi) is 7.90. The van der Waals surface area contributed by atoms with Gasteiger partial charge < -0.3 is 9.05 Å². The molecular weight excluding hydrogens is 337 g/mol. The van der Waals surface area contributed by atoms with Crippen molar-refractivity contribution in [1.82, 2.24) is 4.72 Å². The van der Waals surface area contributed by atoms with Crippen LogP contribution in [-0.4, -0.2) is 33.8 Å². The maximum atomic E-state index is 12.6. The van der Waals surface area contributed by atoms with Crippen molar-refractivity contribution in [3.63, 3.8) is 0 Å². The van der Waals surface area contributed by atoms with Gasteiger partial charge >= 0.3 is 7.60 Å². The Labute approximate surface area is 139 Å². The van der Waals surface area contributed by atoms with Crippen LogP contribution in [0.25, 0.3) is 0 Å². The van der Waals surface area contributed by atoms with Crippen LogP contribution in [-0.2, 0) is 23.6 Å². The topological polar surface area (TPSA) is 81.7 Å². The van der Waals surface area contributed by atoms with E-state index in [1.165, 1.54) is 0 Å². The predicted octanol–water partition coefficient (Wildman–Crippen LogP) is 3.32. The van der Waals surface area contributed by atoms with E-state index in [-0.39, 0.29) is 24.3 Å². The second-order valence-corrected chi connectivity index (χ2v) is 8.99. The normalized spacial score (nSPS) is 13.9. The third-order valence-corrected chi connectivity index (χ3v) is 6.97. The largest absolute Gasteiger partial charge is 0.332 e. The summed E-state index contributed by atoms with van der Waals surface area (Å²) in [6.07, 6.45) is 0.492. The number of nitrogens with one attached hydrogen (secondary N) is 1. The summed E-state index contributed by atoms with van der Waals surface area (Å²) in [5.41, 5.74) is 0.980. The first kappa shape index (κ1) is 20.3. The van der Waals surface area contributed by atoms with E-state index < -0.39 is 23.7 Å². The number of hydrogen-bond donors (Lipinski definition) is 1. The van der Waals surface area contributed by atoms with Gasteiger partial charge in [0.2, 0.25) is 10.0 Å². The van der Waals surface area contributed by atoms with Crippen molar-refractivity contribution in [2.24, 2.45) is 0 Å². The molecule has 1 atom stereocenters. The molecule has 1 rings (SSSR count). The highest BCUT2D eigenvalue weighted by molar-refractivity contribution is 7.89. The molecule has 0 fully saturated rings. The van der Waals surface area contributed by atoms with E-state index in [1.54, 1.807) is 38.1 Å². The third kappa shape index (κ3) is 6.36. The lowest BCUT2D eigenvalue weighted by Crippen LogP contribution is -2.37. The second kappa shape index (κ2) is 8.94. The first-order chi connectivity index (χ1) is 10.8. The van der Waals surface area contributed by atoms with Crippen LogP contribution in [0.4, 0.5) is 0 Å². The molecule has 0 heterocycles. The monoisotopic (exact) mass is 363 g/mol. The van der Waals surface area contributed by atoms with Crippen molar-refractivity contribution >= 4 is 17.6 Å². The van der Waals surface area contributed by atoms with Crippen molar-refractivity contribution in [3.8, 4) is 0 Å². The molecule has 0 unspecified atom stereocenters. The van der Waals surface area contributed by atoms with Gasteiger partial charge in [0.1, 0.15) is 0 Å². The Morgan fingerprint density at radius 1 is 1.09 bits per heavy atom. The fourth-order valence-corrected chi connectivity index (χ4v) is 5.46. The average Bonchev–Trinajstić information content (AvgIpc) is 2.47. The highest BCUT2D eigenvalue weighted by atomic mass is 32.2. The molecule has 0 aromatic heterocycles. The highest BCUT2D eigenvalue weighted by Gasteiger charge is 2.30. The highest BCUT2D eigenvalue weighted by Crippen LogP contribution is 2.48. The van der Waals surface area contributed by atoms with Crippen molar-refractivity contribution in [3.05, 3.63) is 29.8 Å². The van der Waals surface area contributed by atoms with Crippen molar-refractivity contribution < 1.29 is 22.0 Å². The van der Waals surface area contributed by atoms with Crippen molar-refractivity contribution in [1.29, 1.82) is 0 Å². The van der Waals surface area contributed by atoms with E-state index >= 15 is 0 Å². The van der Waals surface area contributed by atoms with E-state index in [0.717, 1.165) is 5.56 Å². The molecular formula is C15H26NO5PS.